The predicted molar refractivity (Wildman–Crippen MR) is 106 cm³/mol. The van der Waals surface area contributed by atoms with E-state index in [1.165, 1.54) is 0 Å². The summed E-state index contributed by atoms with van der Waals surface area (Å²) in [5.74, 6) is -0.326. The summed E-state index contributed by atoms with van der Waals surface area (Å²) in [7, 11) is 0. The van der Waals surface area contributed by atoms with Crippen molar-refractivity contribution in [1.82, 2.24) is 30.0 Å². The molecule has 0 radical (unpaired) electrons. The van der Waals surface area contributed by atoms with E-state index in [1.807, 2.05) is 13.8 Å². The Morgan fingerprint density at radius 3 is 2.86 bits per heavy atom. The van der Waals surface area contributed by atoms with E-state index in [4.69, 9.17) is 5.73 Å². The van der Waals surface area contributed by atoms with Gasteiger partial charge in [-0.25, -0.2) is 9.97 Å². The zero-order valence-corrected chi connectivity index (χ0v) is 16.7. The maximum atomic E-state index is 12.9. The van der Waals surface area contributed by atoms with Gasteiger partial charge in [-0.2, -0.15) is 5.10 Å². The van der Waals surface area contributed by atoms with Crippen molar-refractivity contribution in [2.45, 2.75) is 51.3 Å². The van der Waals surface area contributed by atoms with Gasteiger partial charge in [0, 0.05) is 44.1 Å². The third kappa shape index (κ3) is 5.29. The molecule has 4 N–H and O–H groups in total. The number of rotatable bonds is 6. The van der Waals surface area contributed by atoms with E-state index >= 15 is 0 Å². The molecule has 0 bridgehead atoms. The Balaban J connectivity index is 1.62. The number of amides is 2. The van der Waals surface area contributed by atoms with Crippen LogP contribution in [0.15, 0.2) is 24.5 Å². The quantitative estimate of drug-likeness (QED) is 0.626. The minimum atomic E-state index is -0.714. The van der Waals surface area contributed by atoms with E-state index in [0.29, 0.717) is 25.2 Å². The molecule has 0 unspecified atom stereocenters. The summed E-state index contributed by atoms with van der Waals surface area (Å²) in [4.78, 5) is 35.0. The first-order valence-electron chi connectivity index (χ1n) is 9.72. The fourth-order valence-corrected chi connectivity index (χ4v) is 3.25. The molecule has 0 aromatic carbocycles. The highest BCUT2D eigenvalue weighted by molar-refractivity contribution is 5.93. The molecule has 2 amide bonds. The molecule has 10 heteroatoms. The van der Waals surface area contributed by atoms with Crippen molar-refractivity contribution in [2.24, 2.45) is 0 Å². The van der Waals surface area contributed by atoms with Gasteiger partial charge in [0.1, 0.15) is 5.69 Å². The lowest BCUT2D eigenvalue weighted by Crippen LogP contribution is -2.56. The molecule has 2 aromatic rings. The maximum Gasteiger partial charge on any atom is 0.272 e. The van der Waals surface area contributed by atoms with Crippen LogP contribution >= 0.6 is 0 Å². The van der Waals surface area contributed by atoms with Crippen molar-refractivity contribution in [3.8, 4) is 0 Å². The zero-order valence-electron chi connectivity index (χ0n) is 16.7. The molecule has 1 aliphatic heterocycles. The molecule has 3 heterocycles. The van der Waals surface area contributed by atoms with Crippen molar-refractivity contribution < 1.29 is 14.7 Å². The summed E-state index contributed by atoms with van der Waals surface area (Å²) in [5.41, 5.74) is 6.68. The number of hydrogen-bond acceptors (Lipinski definition) is 7. The number of nitrogens with zero attached hydrogens (tertiary/aromatic N) is 5. The highest BCUT2D eigenvalue weighted by Crippen LogP contribution is 2.18. The maximum absolute atomic E-state index is 12.9. The number of nitrogens with one attached hydrogen (secondary N) is 1. The van der Waals surface area contributed by atoms with E-state index in [2.05, 4.69) is 20.4 Å². The van der Waals surface area contributed by atoms with E-state index < -0.39 is 12.1 Å². The van der Waals surface area contributed by atoms with Crippen LogP contribution in [-0.2, 0) is 11.3 Å². The first-order chi connectivity index (χ1) is 13.8. The standard InChI is InChI=1S/C19H27N7O3/c1-12(2)13-10-14(24-19(20)23-13)18(29)25-8-4-16(27)15(11-25)22-17(28)5-9-26-7-3-6-21-26/h3,6-7,10,12,15-16,27H,4-5,8-9,11H2,1-2H3,(H,22,28)(H2,20,23,24)/t15-,16+/m1/s1. The number of aromatic nitrogens is 4. The number of carbonyl (C=O) groups is 2. The van der Waals surface area contributed by atoms with Gasteiger partial charge in [-0.1, -0.05) is 13.8 Å². The number of likely N-dealkylation sites (tertiary alicyclic amines) is 1. The molecular formula is C19H27N7O3. The molecule has 3 rings (SSSR count). The lowest BCUT2D eigenvalue weighted by Gasteiger charge is -2.36. The molecule has 0 aliphatic carbocycles. The van der Waals surface area contributed by atoms with Crippen molar-refractivity contribution in [3.63, 3.8) is 0 Å². The number of piperidine rings is 1. The van der Waals surface area contributed by atoms with Crippen LogP contribution in [0.4, 0.5) is 5.95 Å². The fourth-order valence-electron chi connectivity index (χ4n) is 3.25. The van der Waals surface area contributed by atoms with Crippen LogP contribution in [0, 0.1) is 0 Å². The van der Waals surface area contributed by atoms with Crippen molar-refractivity contribution in [1.29, 1.82) is 0 Å². The third-order valence-corrected chi connectivity index (χ3v) is 4.91. The lowest BCUT2D eigenvalue weighted by atomic mass is 10.0. The average molecular weight is 401 g/mol. The van der Waals surface area contributed by atoms with Gasteiger partial charge < -0.3 is 21.1 Å². The van der Waals surface area contributed by atoms with E-state index in [9.17, 15) is 14.7 Å². The topological polar surface area (TPSA) is 139 Å². The number of nitrogens with two attached hydrogens (primary N) is 1. The summed E-state index contributed by atoms with van der Waals surface area (Å²) in [6.45, 7) is 4.95. The van der Waals surface area contributed by atoms with E-state index in [-0.39, 0.29) is 42.3 Å². The van der Waals surface area contributed by atoms with Gasteiger partial charge in [0.25, 0.3) is 5.91 Å². The molecule has 1 fully saturated rings. The Morgan fingerprint density at radius 2 is 2.17 bits per heavy atom. The smallest absolute Gasteiger partial charge is 0.272 e. The lowest BCUT2D eigenvalue weighted by molar-refractivity contribution is -0.123. The molecule has 2 atom stereocenters. The number of nitrogen functional groups attached to an aromatic ring is 1. The number of aliphatic hydroxyl groups is 1. The molecule has 0 spiro atoms. The largest absolute Gasteiger partial charge is 0.391 e. The molecular weight excluding hydrogens is 374 g/mol. The van der Waals surface area contributed by atoms with E-state index in [1.54, 1.807) is 34.1 Å². The van der Waals surface area contributed by atoms with Crippen molar-refractivity contribution in [2.75, 3.05) is 18.8 Å². The second-order valence-corrected chi connectivity index (χ2v) is 7.49. The van der Waals surface area contributed by atoms with Crippen LogP contribution in [-0.4, -0.2) is 66.8 Å². The molecule has 10 nitrogen and oxygen atoms in total. The average Bonchev–Trinajstić information content (AvgIpc) is 3.20. The number of hydrogen-bond donors (Lipinski definition) is 3. The monoisotopic (exact) mass is 401 g/mol. The minimum Gasteiger partial charge on any atom is -0.391 e. The fraction of sp³-hybridized carbons (Fsp3) is 0.526. The first kappa shape index (κ1) is 20.7. The highest BCUT2D eigenvalue weighted by atomic mass is 16.3. The van der Waals surface area contributed by atoms with Gasteiger partial charge in [-0.15, -0.1) is 0 Å². The van der Waals surface area contributed by atoms with Gasteiger partial charge in [0.2, 0.25) is 11.9 Å². The molecule has 1 saturated heterocycles. The van der Waals surface area contributed by atoms with Gasteiger partial charge >= 0.3 is 0 Å². The highest BCUT2D eigenvalue weighted by Gasteiger charge is 2.32. The summed E-state index contributed by atoms with van der Waals surface area (Å²) >= 11 is 0. The first-order valence-corrected chi connectivity index (χ1v) is 9.72. The van der Waals surface area contributed by atoms with Crippen molar-refractivity contribution in [3.05, 3.63) is 35.9 Å². The minimum absolute atomic E-state index is 0.0556. The molecule has 2 aromatic heterocycles. The Morgan fingerprint density at radius 1 is 1.38 bits per heavy atom. The summed E-state index contributed by atoms with van der Waals surface area (Å²) in [6, 6.07) is 2.89. The van der Waals surface area contributed by atoms with E-state index in [0.717, 1.165) is 0 Å². The number of anilines is 1. The summed E-state index contributed by atoms with van der Waals surface area (Å²) in [5, 5.41) is 17.2. The van der Waals surface area contributed by atoms with Crippen LogP contribution in [0.3, 0.4) is 0 Å². The second-order valence-electron chi connectivity index (χ2n) is 7.49. The SMILES string of the molecule is CC(C)c1cc(C(=O)N2CC[C@H](O)[C@H](NC(=O)CCn3cccn3)C2)nc(N)n1. The van der Waals surface area contributed by atoms with Gasteiger partial charge in [0.15, 0.2) is 0 Å². The predicted octanol–water partition coefficient (Wildman–Crippen LogP) is 0.161. The van der Waals surface area contributed by atoms with Crippen LogP contribution in [0.25, 0.3) is 0 Å². The summed E-state index contributed by atoms with van der Waals surface area (Å²) < 4.78 is 1.67. The van der Waals surface area contributed by atoms with Crippen LogP contribution in [0.5, 0.6) is 0 Å². The van der Waals surface area contributed by atoms with Gasteiger partial charge in [0.05, 0.1) is 12.1 Å². The Hall–Kier alpha value is -3.01. The molecule has 156 valence electrons. The van der Waals surface area contributed by atoms with Crippen LogP contribution in [0.1, 0.15) is 48.8 Å². The Bertz CT molecular complexity index is 853. The van der Waals surface area contributed by atoms with Gasteiger partial charge in [-0.3, -0.25) is 14.3 Å². The third-order valence-electron chi connectivity index (χ3n) is 4.91. The zero-order chi connectivity index (χ0) is 21.0. The Kier molecular flexibility index (Phi) is 6.42. The summed E-state index contributed by atoms with van der Waals surface area (Å²) in [6.07, 6.45) is 3.32. The molecule has 29 heavy (non-hydrogen) atoms. The number of carbonyl (C=O) groups excluding carboxylic acids is 2. The molecule has 1 aliphatic rings. The Labute approximate surface area is 169 Å². The van der Waals surface area contributed by atoms with Gasteiger partial charge in [-0.05, 0) is 24.5 Å². The molecule has 0 saturated carbocycles. The number of aryl methyl sites for hydroxylation is 1. The number of aliphatic hydroxyl groups excluding tert-OH is 1. The second kappa shape index (κ2) is 8.99. The van der Waals surface area contributed by atoms with Crippen molar-refractivity contribution >= 4 is 17.8 Å². The normalized spacial score (nSPS) is 19.4. The van der Waals surface area contributed by atoms with Crippen LogP contribution in [0.2, 0.25) is 0 Å². The van der Waals surface area contributed by atoms with Crippen LogP contribution < -0.4 is 11.1 Å².